The van der Waals surface area contributed by atoms with E-state index in [1.54, 1.807) is 39.2 Å². The third kappa shape index (κ3) is 6.52. The number of carbonyl (C=O) groups excluding carboxylic acids is 4. The van der Waals surface area contributed by atoms with Gasteiger partial charge in [0.1, 0.15) is 36.2 Å². The highest BCUT2D eigenvalue weighted by Gasteiger charge is 2.70. The average Bonchev–Trinajstić information content (AvgIpc) is 3.70. The van der Waals surface area contributed by atoms with Crippen LogP contribution in [-0.4, -0.2) is 81.9 Å². The third-order valence-corrected chi connectivity index (χ3v) is 11.3. The predicted molar refractivity (Wildman–Crippen MR) is 176 cm³/mol. The molecule has 0 aliphatic carbocycles. The zero-order valence-electron chi connectivity index (χ0n) is 28.5. The summed E-state index contributed by atoms with van der Waals surface area (Å²) in [5.41, 5.74) is -3.12. The van der Waals surface area contributed by atoms with E-state index in [4.69, 9.17) is 14.2 Å². The number of hydrogen-bond donors (Lipinski definition) is 0. The maximum Gasteiger partial charge on any atom is 0.324 e. The smallest absolute Gasteiger partial charge is 0.324 e. The van der Waals surface area contributed by atoms with Gasteiger partial charge in [0.25, 0.3) is 0 Å². The van der Waals surface area contributed by atoms with Gasteiger partial charge in [-0.05, 0) is 65.3 Å². The zero-order chi connectivity index (χ0) is 34.3. The number of esters is 2. The summed E-state index contributed by atoms with van der Waals surface area (Å²) in [6.07, 6.45) is 3.55. The highest BCUT2D eigenvalue weighted by molar-refractivity contribution is 7.15. The molecule has 0 bridgehead atoms. The number of nitrogens with zero attached hydrogens (tertiary/aromatic N) is 3. The molecule has 0 aromatic carbocycles. The molecule has 0 saturated carbocycles. The molecule has 11 heteroatoms. The summed E-state index contributed by atoms with van der Waals surface area (Å²) in [7, 11) is 1.83. The SMILES string of the molecule is CC[C@@H]1OC(=O)[C@H](C)C(=O)[C@H](C)C[C@](C)(OCC#Cc2ccc(-c3ncccn3)s2)C[C@@H](C)C(=O)[C@]2(C)CN(C)[C@H]3C(=O)O[C@@]1(C)C32. The summed E-state index contributed by atoms with van der Waals surface area (Å²) in [5.74, 6) is 2.89. The number of carbonyl (C=O) groups is 4. The Morgan fingerprint density at radius 1 is 1.02 bits per heavy atom. The van der Waals surface area contributed by atoms with Crippen LogP contribution in [0.2, 0.25) is 0 Å². The van der Waals surface area contributed by atoms with Crippen molar-refractivity contribution >= 4 is 34.8 Å². The van der Waals surface area contributed by atoms with Crippen molar-refractivity contribution in [3.8, 4) is 22.5 Å². The molecule has 1 unspecified atom stereocenters. The first kappa shape index (κ1) is 34.9. The Kier molecular flexibility index (Phi) is 9.80. The van der Waals surface area contributed by atoms with E-state index in [0.717, 1.165) is 9.75 Å². The molecule has 3 saturated heterocycles. The monoisotopic (exact) mass is 663 g/mol. The standard InChI is InChI=1S/C36H45N3O7S/c1-9-26-36(7)29-27(33(43)46-36)39(8)20-35(29,6)30(41)22(3)19-34(5,18-21(2)28(40)23(4)32(42)45-26)44-17-10-12-24-13-14-25(47-24)31-37-15-11-16-38-31/h11,13-16,21-23,26-27,29H,9,17-20H2,1-8H3/t21-,22-,23-,26+,27-,29?,34+,35-,36-/m1/s1. The van der Waals surface area contributed by atoms with Crippen molar-refractivity contribution in [2.45, 2.75) is 91.1 Å². The van der Waals surface area contributed by atoms with Gasteiger partial charge in [-0.2, -0.15) is 0 Å². The van der Waals surface area contributed by atoms with Crippen LogP contribution in [-0.2, 0) is 33.4 Å². The molecule has 5 rings (SSSR count). The molecule has 0 spiro atoms. The number of cyclic esters (lactones) is 1. The van der Waals surface area contributed by atoms with Gasteiger partial charge in [-0.3, -0.25) is 24.1 Å². The summed E-state index contributed by atoms with van der Waals surface area (Å²) in [4.78, 5) is 67.1. The number of likely N-dealkylation sites (N-methyl/N-ethyl adjacent to an activating group) is 1. The Balaban J connectivity index is 1.44. The molecule has 9 atom stereocenters. The second kappa shape index (κ2) is 13.2. The second-order valence-electron chi connectivity index (χ2n) is 14.2. The van der Waals surface area contributed by atoms with Crippen molar-refractivity contribution in [2.24, 2.45) is 29.1 Å². The highest BCUT2D eigenvalue weighted by Crippen LogP contribution is 2.55. The number of ether oxygens (including phenoxy) is 3. The first-order chi connectivity index (χ1) is 22.1. The molecule has 2 aromatic rings. The van der Waals surface area contributed by atoms with Gasteiger partial charge in [0.15, 0.2) is 11.4 Å². The zero-order valence-corrected chi connectivity index (χ0v) is 29.3. The number of likely N-dealkylation sites (tertiary alicyclic amines) is 1. The van der Waals surface area contributed by atoms with Crippen molar-refractivity contribution in [3.63, 3.8) is 0 Å². The first-order valence-corrected chi connectivity index (χ1v) is 17.2. The lowest BCUT2D eigenvalue weighted by Crippen LogP contribution is -2.56. The molecule has 3 aliphatic rings. The predicted octanol–water partition coefficient (Wildman–Crippen LogP) is 4.75. The Morgan fingerprint density at radius 2 is 1.70 bits per heavy atom. The Morgan fingerprint density at radius 3 is 2.38 bits per heavy atom. The lowest BCUT2D eigenvalue weighted by atomic mass is 9.62. The summed E-state index contributed by atoms with van der Waals surface area (Å²) < 4.78 is 18.4. The third-order valence-electron chi connectivity index (χ3n) is 10.4. The van der Waals surface area contributed by atoms with Crippen LogP contribution in [0.3, 0.4) is 0 Å². The quantitative estimate of drug-likeness (QED) is 0.257. The van der Waals surface area contributed by atoms with Gasteiger partial charge < -0.3 is 14.2 Å². The van der Waals surface area contributed by atoms with E-state index < -0.39 is 64.4 Å². The van der Waals surface area contributed by atoms with Gasteiger partial charge in [-0.25, -0.2) is 9.97 Å². The lowest BCUT2D eigenvalue weighted by Gasteiger charge is -2.43. The van der Waals surface area contributed by atoms with Crippen LogP contribution < -0.4 is 0 Å². The fourth-order valence-electron chi connectivity index (χ4n) is 8.35. The van der Waals surface area contributed by atoms with Crippen LogP contribution in [0, 0.1) is 40.9 Å². The maximum absolute atomic E-state index is 14.6. The van der Waals surface area contributed by atoms with Gasteiger partial charge in [-0.15, -0.1) is 11.3 Å². The van der Waals surface area contributed by atoms with Gasteiger partial charge >= 0.3 is 11.9 Å². The number of thiophene rings is 1. The summed E-state index contributed by atoms with van der Waals surface area (Å²) in [5, 5.41) is 0. The molecule has 3 aliphatic heterocycles. The summed E-state index contributed by atoms with van der Waals surface area (Å²) >= 11 is 1.48. The van der Waals surface area contributed by atoms with E-state index in [9.17, 15) is 19.2 Å². The molecule has 0 N–H and O–H groups in total. The Bertz CT molecular complexity index is 1600. The van der Waals surface area contributed by atoms with Crippen LogP contribution in [0.5, 0.6) is 0 Å². The van der Waals surface area contributed by atoms with Crippen LogP contribution in [0.25, 0.3) is 10.7 Å². The largest absolute Gasteiger partial charge is 0.458 e. The van der Waals surface area contributed by atoms with Crippen LogP contribution in [0.15, 0.2) is 30.6 Å². The van der Waals surface area contributed by atoms with Gasteiger partial charge in [-0.1, -0.05) is 39.5 Å². The minimum Gasteiger partial charge on any atom is -0.458 e. The average molecular weight is 664 g/mol. The van der Waals surface area contributed by atoms with E-state index in [2.05, 4.69) is 21.8 Å². The van der Waals surface area contributed by atoms with Crippen molar-refractivity contribution in [3.05, 3.63) is 35.5 Å². The van der Waals surface area contributed by atoms with E-state index in [-0.39, 0.29) is 24.6 Å². The molecule has 3 fully saturated rings. The van der Waals surface area contributed by atoms with Gasteiger partial charge in [0, 0.05) is 42.1 Å². The van der Waals surface area contributed by atoms with Crippen molar-refractivity contribution in [1.29, 1.82) is 0 Å². The van der Waals surface area contributed by atoms with Crippen LogP contribution in [0.1, 0.15) is 72.6 Å². The summed E-state index contributed by atoms with van der Waals surface area (Å²) in [6, 6.07) is 4.96. The van der Waals surface area contributed by atoms with Crippen molar-refractivity contribution in [2.75, 3.05) is 20.2 Å². The molecular formula is C36H45N3O7S. The highest BCUT2D eigenvalue weighted by atomic mass is 32.1. The van der Waals surface area contributed by atoms with Crippen LogP contribution >= 0.6 is 11.3 Å². The molecule has 47 heavy (non-hydrogen) atoms. The van der Waals surface area contributed by atoms with Crippen LogP contribution in [0.4, 0.5) is 0 Å². The van der Waals surface area contributed by atoms with E-state index >= 15 is 0 Å². The number of aromatic nitrogens is 2. The Hall–Kier alpha value is -3.46. The topological polar surface area (TPSA) is 125 Å². The summed E-state index contributed by atoms with van der Waals surface area (Å²) in [6.45, 7) is 13.1. The van der Waals surface area contributed by atoms with Gasteiger partial charge in [0.2, 0.25) is 0 Å². The van der Waals surface area contributed by atoms with Gasteiger partial charge in [0.05, 0.1) is 15.4 Å². The molecule has 10 nitrogen and oxygen atoms in total. The maximum atomic E-state index is 14.6. The molecule has 5 heterocycles. The fraction of sp³-hybridized carbons (Fsp3) is 0.611. The molecular weight excluding hydrogens is 618 g/mol. The molecule has 2 aromatic heterocycles. The van der Waals surface area contributed by atoms with Crippen molar-refractivity contribution < 1.29 is 33.4 Å². The molecule has 0 amide bonds. The molecule has 0 radical (unpaired) electrons. The molecule has 252 valence electrons. The normalized spacial score (nSPS) is 36.6. The number of rotatable bonds is 4. The fourth-order valence-corrected chi connectivity index (χ4v) is 9.18. The number of hydrogen-bond acceptors (Lipinski definition) is 11. The number of Topliss-reactive ketones (excluding diaryl/α,β-unsaturated/α-hetero) is 2. The second-order valence-corrected chi connectivity index (χ2v) is 15.3. The van der Waals surface area contributed by atoms with E-state index in [1.165, 1.54) is 11.3 Å². The lowest BCUT2D eigenvalue weighted by molar-refractivity contribution is -0.187. The van der Waals surface area contributed by atoms with E-state index in [0.29, 0.717) is 25.2 Å². The minimum absolute atomic E-state index is 0.0119. The number of ketones is 2. The minimum atomic E-state index is -1.25. The van der Waals surface area contributed by atoms with Crippen molar-refractivity contribution in [1.82, 2.24) is 14.9 Å². The Labute approximate surface area is 281 Å². The first-order valence-electron chi connectivity index (χ1n) is 16.3. The van der Waals surface area contributed by atoms with E-state index in [1.807, 2.05) is 51.8 Å².